The Balaban J connectivity index is 2.09. The van der Waals surface area contributed by atoms with Crippen LogP contribution in [0.2, 0.25) is 0 Å². The molecule has 3 nitrogen and oxygen atoms in total. The first-order chi connectivity index (χ1) is 8.30. The van der Waals surface area contributed by atoms with E-state index in [0.29, 0.717) is 12.0 Å². The summed E-state index contributed by atoms with van der Waals surface area (Å²) in [6.45, 7) is 7.93. The molecule has 0 aliphatic heterocycles. The van der Waals surface area contributed by atoms with Gasteiger partial charge >= 0.3 is 0 Å². The number of rotatable bonds is 2. The van der Waals surface area contributed by atoms with Crippen molar-refractivity contribution < 1.29 is 9.90 Å². The van der Waals surface area contributed by atoms with Crippen molar-refractivity contribution in [3.8, 4) is 0 Å². The molecule has 0 heterocycles. The van der Waals surface area contributed by atoms with Crippen LogP contribution in [0.4, 0.5) is 0 Å². The van der Waals surface area contributed by atoms with E-state index in [1.54, 1.807) is 0 Å². The monoisotopic (exact) mass is 247 g/mol. The van der Waals surface area contributed by atoms with E-state index in [0.717, 1.165) is 11.1 Å². The minimum Gasteiger partial charge on any atom is -0.392 e. The van der Waals surface area contributed by atoms with Crippen LogP contribution in [0.3, 0.4) is 0 Å². The van der Waals surface area contributed by atoms with E-state index >= 15 is 0 Å². The predicted molar refractivity (Wildman–Crippen MR) is 71.6 cm³/mol. The topological polar surface area (TPSA) is 49.3 Å². The molecule has 0 bridgehead atoms. The van der Waals surface area contributed by atoms with Crippen LogP contribution in [0.15, 0.2) is 18.2 Å². The van der Waals surface area contributed by atoms with Crippen molar-refractivity contribution in [1.29, 1.82) is 0 Å². The van der Waals surface area contributed by atoms with Crippen molar-refractivity contribution in [2.45, 2.75) is 46.3 Å². The Morgan fingerprint density at radius 3 is 2.28 bits per heavy atom. The smallest absolute Gasteiger partial charge is 0.251 e. The fourth-order valence-electron chi connectivity index (χ4n) is 2.49. The Bertz CT molecular complexity index is 459. The third kappa shape index (κ3) is 2.27. The maximum atomic E-state index is 12.2. The maximum Gasteiger partial charge on any atom is 0.251 e. The molecule has 0 aromatic heterocycles. The van der Waals surface area contributed by atoms with Crippen LogP contribution >= 0.6 is 0 Å². The van der Waals surface area contributed by atoms with Crippen LogP contribution in [0, 0.1) is 19.3 Å². The molecular weight excluding hydrogens is 226 g/mol. The van der Waals surface area contributed by atoms with Crippen LogP contribution in [-0.4, -0.2) is 23.2 Å². The molecule has 0 spiro atoms. The van der Waals surface area contributed by atoms with E-state index in [-0.39, 0.29) is 23.5 Å². The largest absolute Gasteiger partial charge is 0.392 e. The number of amides is 1. The summed E-state index contributed by atoms with van der Waals surface area (Å²) in [5, 5.41) is 12.7. The maximum absolute atomic E-state index is 12.2. The summed E-state index contributed by atoms with van der Waals surface area (Å²) < 4.78 is 0. The molecule has 0 radical (unpaired) electrons. The SMILES string of the molecule is Cc1cc(C)cc(C(=O)NC2CC(O)C2(C)C)c1. The van der Waals surface area contributed by atoms with Gasteiger partial charge in [-0.25, -0.2) is 0 Å². The molecule has 18 heavy (non-hydrogen) atoms. The Morgan fingerprint density at radius 1 is 1.28 bits per heavy atom. The van der Waals surface area contributed by atoms with Gasteiger partial charge in [0.15, 0.2) is 0 Å². The molecule has 2 atom stereocenters. The van der Waals surface area contributed by atoms with Gasteiger partial charge in [-0.05, 0) is 32.4 Å². The number of hydrogen-bond acceptors (Lipinski definition) is 2. The molecule has 1 fully saturated rings. The molecule has 2 N–H and O–H groups in total. The average Bonchev–Trinajstić information content (AvgIpc) is 2.27. The molecule has 1 amide bonds. The highest BCUT2D eigenvalue weighted by atomic mass is 16.3. The Labute approximate surface area is 108 Å². The standard InChI is InChI=1S/C15H21NO2/c1-9-5-10(2)7-11(6-9)14(18)16-12-8-13(17)15(12,3)4/h5-7,12-13,17H,8H2,1-4H3,(H,16,18). The lowest BCUT2D eigenvalue weighted by Gasteiger charge is -2.49. The second kappa shape index (κ2) is 4.39. The highest BCUT2D eigenvalue weighted by molar-refractivity contribution is 5.94. The lowest BCUT2D eigenvalue weighted by Crippen LogP contribution is -2.61. The van der Waals surface area contributed by atoms with Crippen LogP contribution in [0.25, 0.3) is 0 Å². The highest BCUT2D eigenvalue weighted by Gasteiger charge is 2.47. The fraction of sp³-hybridized carbons (Fsp3) is 0.533. The number of aryl methyl sites for hydroxylation is 2. The van der Waals surface area contributed by atoms with E-state index in [2.05, 4.69) is 5.32 Å². The van der Waals surface area contributed by atoms with Crippen LogP contribution in [0.5, 0.6) is 0 Å². The molecule has 1 aromatic rings. The summed E-state index contributed by atoms with van der Waals surface area (Å²) in [6, 6.07) is 5.89. The highest BCUT2D eigenvalue weighted by Crippen LogP contribution is 2.40. The number of carbonyl (C=O) groups excluding carboxylic acids is 1. The first-order valence-corrected chi connectivity index (χ1v) is 6.38. The van der Waals surface area contributed by atoms with Gasteiger partial charge in [-0.3, -0.25) is 4.79 Å². The van der Waals surface area contributed by atoms with Crippen molar-refractivity contribution in [2.75, 3.05) is 0 Å². The van der Waals surface area contributed by atoms with Crippen molar-refractivity contribution in [3.05, 3.63) is 34.9 Å². The number of benzene rings is 1. The van der Waals surface area contributed by atoms with Gasteiger partial charge in [-0.15, -0.1) is 0 Å². The summed E-state index contributed by atoms with van der Waals surface area (Å²) in [7, 11) is 0. The number of hydrogen-bond donors (Lipinski definition) is 2. The second-order valence-corrected chi connectivity index (χ2v) is 5.98. The minimum absolute atomic E-state index is 0.0493. The third-order valence-corrected chi connectivity index (χ3v) is 4.01. The predicted octanol–water partition coefficient (Wildman–Crippen LogP) is 2.19. The summed E-state index contributed by atoms with van der Waals surface area (Å²) >= 11 is 0. The van der Waals surface area contributed by atoms with Gasteiger partial charge in [0.2, 0.25) is 0 Å². The van der Waals surface area contributed by atoms with Gasteiger partial charge in [0.1, 0.15) is 0 Å². The molecule has 3 heteroatoms. The fourth-order valence-corrected chi connectivity index (χ4v) is 2.49. The minimum atomic E-state index is -0.318. The normalized spacial score (nSPS) is 25.4. The van der Waals surface area contributed by atoms with Gasteiger partial charge in [-0.2, -0.15) is 0 Å². The van der Waals surface area contributed by atoms with Crippen molar-refractivity contribution in [1.82, 2.24) is 5.32 Å². The lowest BCUT2D eigenvalue weighted by atomic mass is 9.64. The molecule has 1 aliphatic rings. The Hall–Kier alpha value is -1.35. The van der Waals surface area contributed by atoms with Crippen LogP contribution in [0.1, 0.15) is 41.8 Å². The summed E-state index contributed by atoms with van der Waals surface area (Å²) in [5.74, 6) is -0.0493. The van der Waals surface area contributed by atoms with Crippen molar-refractivity contribution in [2.24, 2.45) is 5.41 Å². The second-order valence-electron chi connectivity index (χ2n) is 5.98. The van der Waals surface area contributed by atoms with Gasteiger partial charge in [0.25, 0.3) is 5.91 Å². The van der Waals surface area contributed by atoms with E-state index in [9.17, 15) is 9.90 Å². The molecule has 2 unspecified atom stereocenters. The summed E-state index contributed by atoms with van der Waals surface area (Å²) in [6.07, 6.45) is 0.325. The summed E-state index contributed by atoms with van der Waals surface area (Å²) in [4.78, 5) is 12.2. The Morgan fingerprint density at radius 2 is 1.83 bits per heavy atom. The van der Waals surface area contributed by atoms with Crippen LogP contribution < -0.4 is 5.32 Å². The first-order valence-electron chi connectivity index (χ1n) is 6.38. The van der Waals surface area contributed by atoms with Crippen LogP contribution in [-0.2, 0) is 0 Å². The zero-order valence-electron chi connectivity index (χ0n) is 11.4. The number of carbonyl (C=O) groups is 1. The zero-order chi connectivity index (χ0) is 13.5. The van der Waals surface area contributed by atoms with Gasteiger partial charge in [0, 0.05) is 17.0 Å². The third-order valence-electron chi connectivity index (χ3n) is 4.01. The lowest BCUT2D eigenvalue weighted by molar-refractivity contribution is -0.0689. The molecule has 1 aromatic carbocycles. The zero-order valence-corrected chi connectivity index (χ0v) is 11.4. The van der Waals surface area contributed by atoms with Gasteiger partial charge < -0.3 is 10.4 Å². The number of aliphatic hydroxyl groups is 1. The number of aliphatic hydroxyl groups excluding tert-OH is 1. The molecular formula is C15H21NO2. The number of nitrogens with one attached hydrogen (secondary N) is 1. The molecule has 0 saturated heterocycles. The van der Waals surface area contributed by atoms with Gasteiger partial charge in [-0.1, -0.05) is 31.0 Å². The van der Waals surface area contributed by atoms with E-state index in [4.69, 9.17) is 0 Å². The molecule has 1 saturated carbocycles. The Kier molecular flexibility index (Phi) is 3.20. The first kappa shape index (κ1) is 13.1. The average molecular weight is 247 g/mol. The van der Waals surface area contributed by atoms with E-state index in [1.807, 2.05) is 45.9 Å². The van der Waals surface area contributed by atoms with Gasteiger partial charge in [0.05, 0.1) is 6.10 Å². The van der Waals surface area contributed by atoms with E-state index in [1.165, 1.54) is 0 Å². The molecule has 98 valence electrons. The molecule has 1 aliphatic carbocycles. The van der Waals surface area contributed by atoms with E-state index < -0.39 is 0 Å². The van der Waals surface area contributed by atoms with Crippen molar-refractivity contribution >= 4 is 5.91 Å². The quantitative estimate of drug-likeness (QED) is 0.841. The van der Waals surface area contributed by atoms with Crippen molar-refractivity contribution in [3.63, 3.8) is 0 Å². The molecule has 2 rings (SSSR count). The summed E-state index contributed by atoms with van der Waals surface area (Å²) in [5.41, 5.74) is 2.65.